The molecule has 1 aromatic heterocycles. The molecule has 0 spiro atoms. The van der Waals surface area contributed by atoms with E-state index in [-0.39, 0.29) is 0 Å². The summed E-state index contributed by atoms with van der Waals surface area (Å²) in [4.78, 5) is 10.9. The SMILES string of the molecule is CCCOc1ccnc(N(CC)CCNCC)n1. The van der Waals surface area contributed by atoms with Gasteiger partial charge in [0.05, 0.1) is 6.61 Å². The number of rotatable bonds is 9. The molecule has 5 nitrogen and oxygen atoms in total. The van der Waals surface area contributed by atoms with Gasteiger partial charge in [0.25, 0.3) is 0 Å². The molecule has 5 heteroatoms. The Hall–Kier alpha value is -1.36. The van der Waals surface area contributed by atoms with Crippen LogP contribution in [0.5, 0.6) is 5.88 Å². The molecule has 0 bridgehead atoms. The van der Waals surface area contributed by atoms with Gasteiger partial charge in [-0.05, 0) is 19.9 Å². The Kier molecular flexibility index (Phi) is 7.10. The number of ether oxygens (including phenoxy) is 1. The second-order valence-electron chi connectivity index (χ2n) is 3.98. The maximum Gasteiger partial charge on any atom is 0.228 e. The van der Waals surface area contributed by atoms with E-state index < -0.39 is 0 Å². The molecule has 0 amide bonds. The molecule has 0 aromatic carbocycles. The summed E-state index contributed by atoms with van der Waals surface area (Å²) in [7, 11) is 0. The summed E-state index contributed by atoms with van der Waals surface area (Å²) in [6, 6.07) is 1.80. The van der Waals surface area contributed by atoms with Gasteiger partial charge in [0.15, 0.2) is 0 Å². The maximum atomic E-state index is 5.52. The highest BCUT2D eigenvalue weighted by Crippen LogP contribution is 2.12. The summed E-state index contributed by atoms with van der Waals surface area (Å²) in [5.74, 6) is 1.40. The number of aromatic nitrogens is 2. The molecule has 0 fully saturated rings. The lowest BCUT2D eigenvalue weighted by atomic mass is 10.5. The average molecular weight is 252 g/mol. The van der Waals surface area contributed by atoms with Crippen molar-refractivity contribution < 1.29 is 4.74 Å². The molecule has 0 aliphatic rings. The van der Waals surface area contributed by atoms with E-state index >= 15 is 0 Å². The molecule has 1 rings (SSSR count). The lowest BCUT2D eigenvalue weighted by molar-refractivity contribution is 0.304. The molecule has 18 heavy (non-hydrogen) atoms. The van der Waals surface area contributed by atoms with Crippen molar-refractivity contribution in [2.24, 2.45) is 0 Å². The van der Waals surface area contributed by atoms with Crippen LogP contribution in [-0.2, 0) is 0 Å². The van der Waals surface area contributed by atoms with E-state index in [1.807, 2.05) is 0 Å². The summed E-state index contributed by atoms with van der Waals surface area (Å²) in [6.45, 7) is 10.7. The first-order chi connectivity index (χ1) is 8.81. The minimum Gasteiger partial charge on any atom is -0.478 e. The van der Waals surface area contributed by atoms with E-state index in [2.05, 4.69) is 41.0 Å². The highest BCUT2D eigenvalue weighted by atomic mass is 16.5. The number of hydrogen-bond donors (Lipinski definition) is 1. The molecule has 0 unspecified atom stereocenters. The van der Waals surface area contributed by atoms with Crippen LogP contribution in [0.1, 0.15) is 27.2 Å². The molecule has 1 heterocycles. The zero-order valence-electron chi connectivity index (χ0n) is 11.6. The monoisotopic (exact) mass is 252 g/mol. The van der Waals surface area contributed by atoms with Gasteiger partial charge < -0.3 is 15.0 Å². The topological polar surface area (TPSA) is 50.3 Å². The number of likely N-dealkylation sites (N-methyl/N-ethyl adjacent to an activating group) is 2. The first kappa shape index (κ1) is 14.7. The van der Waals surface area contributed by atoms with Crippen molar-refractivity contribution in [3.05, 3.63) is 12.3 Å². The highest BCUT2D eigenvalue weighted by Gasteiger charge is 2.08. The second kappa shape index (κ2) is 8.69. The van der Waals surface area contributed by atoms with E-state index in [0.29, 0.717) is 12.5 Å². The number of hydrogen-bond acceptors (Lipinski definition) is 5. The lowest BCUT2D eigenvalue weighted by Gasteiger charge is -2.21. The molecule has 102 valence electrons. The van der Waals surface area contributed by atoms with Gasteiger partial charge in [-0.15, -0.1) is 0 Å². The highest BCUT2D eigenvalue weighted by molar-refractivity contribution is 5.31. The lowest BCUT2D eigenvalue weighted by Crippen LogP contribution is -2.33. The van der Waals surface area contributed by atoms with Crippen LogP contribution in [0.25, 0.3) is 0 Å². The maximum absolute atomic E-state index is 5.52. The zero-order chi connectivity index (χ0) is 13.2. The van der Waals surface area contributed by atoms with Crippen LogP contribution in [0, 0.1) is 0 Å². The molecule has 0 aliphatic carbocycles. The fourth-order valence-corrected chi connectivity index (χ4v) is 1.56. The Morgan fingerprint density at radius 1 is 1.33 bits per heavy atom. The summed E-state index contributed by atoms with van der Waals surface area (Å²) in [6.07, 6.45) is 2.74. The average Bonchev–Trinajstić information content (AvgIpc) is 2.42. The van der Waals surface area contributed by atoms with Crippen LogP contribution in [0.3, 0.4) is 0 Å². The van der Waals surface area contributed by atoms with Crippen molar-refractivity contribution in [3.63, 3.8) is 0 Å². The summed E-state index contributed by atoms with van der Waals surface area (Å²) in [5, 5.41) is 3.30. The molecule has 0 saturated carbocycles. The van der Waals surface area contributed by atoms with Gasteiger partial charge in [0, 0.05) is 31.9 Å². The van der Waals surface area contributed by atoms with E-state index in [1.165, 1.54) is 0 Å². The predicted molar refractivity (Wildman–Crippen MR) is 74.2 cm³/mol. The van der Waals surface area contributed by atoms with Gasteiger partial charge in [0.2, 0.25) is 11.8 Å². The quantitative estimate of drug-likeness (QED) is 0.678. The smallest absolute Gasteiger partial charge is 0.228 e. The Balaban J connectivity index is 2.60. The molecule has 1 aromatic rings. The summed E-state index contributed by atoms with van der Waals surface area (Å²) in [5.41, 5.74) is 0. The largest absolute Gasteiger partial charge is 0.478 e. The van der Waals surface area contributed by atoms with Crippen LogP contribution in [0.4, 0.5) is 5.95 Å². The number of nitrogens with one attached hydrogen (secondary N) is 1. The van der Waals surface area contributed by atoms with Gasteiger partial charge in [-0.2, -0.15) is 4.98 Å². The number of nitrogens with zero attached hydrogens (tertiary/aromatic N) is 3. The first-order valence-electron chi connectivity index (χ1n) is 6.73. The van der Waals surface area contributed by atoms with E-state index in [9.17, 15) is 0 Å². The first-order valence-corrected chi connectivity index (χ1v) is 6.73. The minimum atomic E-state index is 0.656. The van der Waals surface area contributed by atoms with Gasteiger partial charge in [-0.25, -0.2) is 4.98 Å². The van der Waals surface area contributed by atoms with Gasteiger partial charge in [-0.3, -0.25) is 0 Å². The molecular formula is C13H24N4O. The van der Waals surface area contributed by atoms with Crippen LogP contribution in [-0.4, -0.2) is 42.8 Å². The van der Waals surface area contributed by atoms with E-state index in [0.717, 1.165) is 38.5 Å². The minimum absolute atomic E-state index is 0.656. The Bertz CT molecular complexity index is 333. The van der Waals surface area contributed by atoms with Crippen molar-refractivity contribution in [2.75, 3.05) is 37.7 Å². The molecular weight excluding hydrogens is 228 g/mol. The normalized spacial score (nSPS) is 10.4. The van der Waals surface area contributed by atoms with Crippen molar-refractivity contribution >= 4 is 5.95 Å². The summed E-state index contributed by atoms with van der Waals surface area (Å²) >= 11 is 0. The molecule has 1 N–H and O–H groups in total. The third-order valence-corrected chi connectivity index (χ3v) is 2.54. The van der Waals surface area contributed by atoms with Crippen molar-refractivity contribution in [3.8, 4) is 5.88 Å². The fourth-order valence-electron chi connectivity index (χ4n) is 1.56. The molecule has 0 radical (unpaired) electrons. The Morgan fingerprint density at radius 3 is 2.83 bits per heavy atom. The van der Waals surface area contributed by atoms with Crippen molar-refractivity contribution in [2.45, 2.75) is 27.2 Å². The predicted octanol–water partition coefficient (Wildman–Crippen LogP) is 1.70. The third-order valence-electron chi connectivity index (χ3n) is 2.54. The third kappa shape index (κ3) is 4.87. The standard InChI is InChI=1S/C13H24N4O/c1-4-11-18-12-7-8-15-13(16-12)17(6-3)10-9-14-5-2/h7-8,14H,4-6,9-11H2,1-3H3. The van der Waals surface area contributed by atoms with E-state index in [1.54, 1.807) is 12.3 Å². The summed E-state index contributed by atoms with van der Waals surface area (Å²) < 4.78 is 5.52. The number of anilines is 1. The Morgan fingerprint density at radius 2 is 2.17 bits per heavy atom. The van der Waals surface area contributed by atoms with Crippen LogP contribution >= 0.6 is 0 Å². The van der Waals surface area contributed by atoms with Crippen LogP contribution < -0.4 is 15.0 Å². The van der Waals surface area contributed by atoms with E-state index in [4.69, 9.17) is 4.74 Å². The van der Waals surface area contributed by atoms with Gasteiger partial charge in [-0.1, -0.05) is 13.8 Å². The molecule has 0 aliphatic heterocycles. The Labute approximate surface area is 110 Å². The molecule has 0 saturated heterocycles. The zero-order valence-corrected chi connectivity index (χ0v) is 11.6. The second-order valence-corrected chi connectivity index (χ2v) is 3.98. The molecule has 0 atom stereocenters. The van der Waals surface area contributed by atoms with Crippen LogP contribution in [0.15, 0.2) is 12.3 Å². The fraction of sp³-hybridized carbons (Fsp3) is 0.692. The van der Waals surface area contributed by atoms with Crippen molar-refractivity contribution in [1.82, 2.24) is 15.3 Å². The van der Waals surface area contributed by atoms with Gasteiger partial charge >= 0.3 is 0 Å². The van der Waals surface area contributed by atoms with Crippen molar-refractivity contribution in [1.29, 1.82) is 0 Å². The van der Waals surface area contributed by atoms with Crippen LogP contribution in [0.2, 0.25) is 0 Å². The van der Waals surface area contributed by atoms with Gasteiger partial charge in [0.1, 0.15) is 0 Å².